The van der Waals surface area contributed by atoms with Crippen molar-refractivity contribution in [3.63, 3.8) is 0 Å². The predicted octanol–water partition coefficient (Wildman–Crippen LogP) is 2.29. The zero-order valence-corrected chi connectivity index (χ0v) is 17.8. The number of rotatable bonds is 5. The van der Waals surface area contributed by atoms with Crippen LogP contribution in [0, 0.1) is 5.92 Å². The summed E-state index contributed by atoms with van der Waals surface area (Å²) in [5.74, 6) is -0.379. The number of imide groups is 1. The van der Waals surface area contributed by atoms with Crippen molar-refractivity contribution in [3.8, 4) is 0 Å². The molecule has 0 radical (unpaired) electrons. The summed E-state index contributed by atoms with van der Waals surface area (Å²) in [5, 5.41) is 5.35. The lowest BCUT2D eigenvalue weighted by Gasteiger charge is -2.33. The fourth-order valence-corrected chi connectivity index (χ4v) is 3.99. The minimum atomic E-state index is -0.514. The van der Waals surface area contributed by atoms with Crippen LogP contribution in [0.25, 0.3) is 0 Å². The van der Waals surface area contributed by atoms with Crippen LogP contribution in [0.2, 0.25) is 0 Å². The summed E-state index contributed by atoms with van der Waals surface area (Å²) in [7, 11) is 1.84. The van der Waals surface area contributed by atoms with E-state index in [4.69, 9.17) is 0 Å². The van der Waals surface area contributed by atoms with Crippen molar-refractivity contribution in [1.29, 1.82) is 0 Å². The van der Waals surface area contributed by atoms with Crippen molar-refractivity contribution in [3.05, 3.63) is 29.8 Å². The lowest BCUT2D eigenvalue weighted by Crippen LogP contribution is -2.50. The molecule has 0 unspecified atom stereocenters. The number of carbonyl (C=O) groups excluding carboxylic acids is 4. The number of urea groups is 1. The minimum Gasteiger partial charge on any atom is -0.349 e. The van der Waals surface area contributed by atoms with Crippen molar-refractivity contribution < 1.29 is 19.2 Å². The number of para-hydroxylation sites is 1. The number of anilines is 1. The lowest BCUT2D eigenvalue weighted by molar-refractivity contribution is -0.136. The van der Waals surface area contributed by atoms with Gasteiger partial charge in [0.05, 0.1) is 11.3 Å². The maximum Gasteiger partial charge on any atom is 0.328 e. The van der Waals surface area contributed by atoms with E-state index in [-0.39, 0.29) is 48.7 Å². The Hall–Kier alpha value is -2.90. The van der Waals surface area contributed by atoms with Crippen molar-refractivity contribution in [2.24, 2.45) is 5.92 Å². The van der Waals surface area contributed by atoms with Crippen LogP contribution < -0.4 is 15.5 Å². The van der Waals surface area contributed by atoms with Gasteiger partial charge in [0.25, 0.3) is 5.91 Å². The summed E-state index contributed by atoms with van der Waals surface area (Å²) >= 11 is 0. The van der Waals surface area contributed by atoms with Crippen LogP contribution in [0.15, 0.2) is 24.3 Å². The third kappa shape index (κ3) is 4.80. The second-order valence-corrected chi connectivity index (χ2v) is 8.34. The second kappa shape index (κ2) is 9.28. The highest BCUT2D eigenvalue weighted by Gasteiger charge is 2.31. The quantitative estimate of drug-likeness (QED) is 0.772. The summed E-state index contributed by atoms with van der Waals surface area (Å²) in [6, 6.07) is 6.56. The Morgan fingerprint density at radius 2 is 1.80 bits per heavy atom. The summed E-state index contributed by atoms with van der Waals surface area (Å²) in [5.41, 5.74) is 0.891. The van der Waals surface area contributed by atoms with Gasteiger partial charge in [-0.3, -0.25) is 24.6 Å². The largest absolute Gasteiger partial charge is 0.349 e. The molecule has 3 rings (SSSR count). The maximum absolute atomic E-state index is 12.9. The average Bonchev–Trinajstić information content (AvgIpc) is 2.73. The zero-order valence-electron chi connectivity index (χ0n) is 17.8. The molecule has 1 aliphatic heterocycles. The number of nitrogens with zero attached hydrogens (tertiary/aromatic N) is 2. The molecule has 2 aliphatic rings. The second-order valence-electron chi connectivity index (χ2n) is 8.34. The van der Waals surface area contributed by atoms with E-state index in [1.54, 1.807) is 29.2 Å². The first-order valence-corrected chi connectivity index (χ1v) is 10.6. The van der Waals surface area contributed by atoms with E-state index in [9.17, 15) is 19.2 Å². The molecule has 1 saturated heterocycles. The number of amides is 5. The molecule has 5 amide bonds. The van der Waals surface area contributed by atoms with Crippen LogP contribution in [0.4, 0.5) is 10.5 Å². The van der Waals surface area contributed by atoms with Gasteiger partial charge in [0.2, 0.25) is 11.8 Å². The summed E-state index contributed by atoms with van der Waals surface area (Å²) in [6.45, 7) is 4.24. The molecule has 0 aromatic heterocycles. The van der Waals surface area contributed by atoms with Crippen LogP contribution in [0.1, 0.15) is 56.3 Å². The molecule has 0 bridgehead atoms. The molecule has 0 spiro atoms. The van der Waals surface area contributed by atoms with Gasteiger partial charge in [-0.05, 0) is 51.7 Å². The van der Waals surface area contributed by atoms with Gasteiger partial charge in [-0.2, -0.15) is 0 Å². The third-order valence-corrected chi connectivity index (χ3v) is 6.03. The normalized spacial score (nSPS) is 21.9. The number of nitrogens with one attached hydrogen (secondary N) is 2. The molecular formula is C22H30N4O4. The zero-order chi connectivity index (χ0) is 21.8. The molecule has 8 nitrogen and oxygen atoms in total. The maximum atomic E-state index is 12.9. The van der Waals surface area contributed by atoms with E-state index in [1.165, 1.54) is 4.90 Å². The third-order valence-electron chi connectivity index (χ3n) is 6.03. The van der Waals surface area contributed by atoms with Crippen molar-refractivity contribution >= 4 is 29.4 Å². The van der Waals surface area contributed by atoms with Crippen molar-refractivity contribution in [1.82, 2.24) is 15.5 Å². The van der Waals surface area contributed by atoms with Crippen LogP contribution in [0.3, 0.4) is 0 Å². The first-order chi connectivity index (χ1) is 14.3. The summed E-state index contributed by atoms with van der Waals surface area (Å²) in [4.78, 5) is 52.3. The molecule has 30 heavy (non-hydrogen) atoms. The highest BCUT2D eigenvalue weighted by Crippen LogP contribution is 2.28. The first kappa shape index (κ1) is 21.8. The van der Waals surface area contributed by atoms with Crippen LogP contribution in [-0.2, 0) is 9.59 Å². The molecule has 1 aromatic rings. The highest BCUT2D eigenvalue weighted by molar-refractivity contribution is 6.09. The van der Waals surface area contributed by atoms with Crippen molar-refractivity contribution in [2.75, 3.05) is 18.5 Å². The highest BCUT2D eigenvalue weighted by atomic mass is 16.2. The minimum absolute atomic E-state index is 0.00396. The molecule has 1 aromatic carbocycles. The van der Waals surface area contributed by atoms with Gasteiger partial charge < -0.3 is 10.2 Å². The van der Waals surface area contributed by atoms with E-state index >= 15 is 0 Å². The van der Waals surface area contributed by atoms with E-state index in [0.717, 1.165) is 25.7 Å². The van der Waals surface area contributed by atoms with Crippen LogP contribution in [0.5, 0.6) is 0 Å². The molecule has 162 valence electrons. The molecule has 0 atom stereocenters. The van der Waals surface area contributed by atoms with Gasteiger partial charge in [-0.25, -0.2) is 4.79 Å². The molecule has 2 fully saturated rings. The van der Waals surface area contributed by atoms with Crippen LogP contribution in [-0.4, -0.2) is 54.3 Å². The molecule has 1 heterocycles. The van der Waals surface area contributed by atoms with E-state index in [2.05, 4.69) is 10.6 Å². The van der Waals surface area contributed by atoms with Gasteiger partial charge in [-0.1, -0.05) is 12.1 Å². The number of benzene rings is 1. The van der Waals surface area contributed by atoms with Gasteiger partial charge >= 0.3 is 6.03 Å². The lowest BCUT2D eigenvalue weighted by atomic mass is 9.85. The molecule has 1 aliphatic carbocycles. The smallest absolute Gasteiger partial charge is 0.328 e. The number of carbonyl (C=O) groups is 4. The molecule has 2 N–H and O–H groups in total. The van der Waals surface area contributed by atoms with E-state index < -0.39 is 6.03 Å². The standard InChI is InChI=1S/C22H30N4O4/c1-14(2)25(3)21(29)15-8-10-16(11-9-15)23-20(28)17-6-4-5-7-18(17)26-13-12-19(27)24-22(26)30/h4-7,14-16H,8-13H2,1-3H3,(H,23,28)(H,24,27,30). The summed E-state index contributed by atoms with van der Waals surface area (Å²) in [6.07, 6.45) is 3.19. The Morgan fingerprint density at radius 3 is 2.43 bits per heavy atom. The number of hydrogen-bond donors (Lipinski definition) is 2. The Bertz CT molecular complexity index is 830. The topological polar surface area (TPSA) is 98.8 Å². The first-order valence-electron chi connectivity index (χ1n) is 10.6. The Balaban J connectivity index is 1.62. The van der Waals surface area contributed by atoms with E-state index in [0.29, 0.717) is 11.3 Å². The van der Waals surface area contributed by atoms with Gasteiger partial charge in [0.1, 0.15) is 0 Å². The van der Waals surface area contributed by atoms with Gasteiger partial charge in [-0.15, -0.1) is 0 Å². The summed E-state index contributed by atoms with van der Waals surface area (Å²) < 4.78 is 0. The molecular weight excluding hydrogens is 384 g/mol. The molecule has 1 saturated carbocycles. The Labute approximate surface area is 177 Å². The Kier molecular flexibility index (Phi) is 6.74. The van der Waals surface area contributed by atoms with Gasteiger partial charge in [0.15, 0.2) is 0 Å². The van der Waals surface area contributed by atoms with E-state index in [1.807, 2.05) is 20.9 Å². The fraction of sp³-hybridized carbons (Fsp3) is 0.545. The predicted molar refractivity (Wildman–Crippen MR) is 113 cm³/mol. The monoisotopic (exact) mass is 414 g/mol. The number of hydrogen-bond acceptors (Lipinski definition) is 4. The SMILES string of the molecule is CC(C)N(C)C(=O)C1CCC(NC(=O)c2ccccc2N2CCC(=O)NC2=O)CC1. The van der Waals surface area contributed by atoms with Crippen molar-refractivity contribution in [2.45, 2.75) is 58.0 Å². The molecule has 8 heteroatoms. The van der Waals surface area contributed by atoms with Crippen LogP contribution >= 0.6 is 0 Å². The van der Waals surface area contributed by atoms with Gasteiger partial charge in [0, 0.05) is 38.0 Å². The Morgan fingerprint density at radius 1 is 1.13 bits per heavy atom. The fourth-order valence-electron chi connectivity index (χ4n) is 3.99. The average molecular weight is 415 g/mol.